The van der Waals surface area contributed by atoms with Crippen LogP contribution in [0.4, 0.5) is 0 Å². The van der Waals surface area contributed by atoms with Crippen LogP contribution in [0.5, 0.6) is 0 Å². The van der Waals surface area contributed by atoms with Gasteiger partial charge in [0.25, 0.3) is 5.91 Å². The Bertz CT molecular complexity index is 668. The van der Waals surface area contributed by atoms with Gasteiger partial charge in [-0.1, -0.05) is 48.5 Å². The quantitative estimate of drug-likeness (QED) is 0.829. The molecule has 2 N–H and O–H groups in total. The van der Waals surface area contributed by atoms with Gasteiger partial charge in [-0.15, -0.1) is 0 Å². The molecule has 2 aromatic rings. The van der Waals surface area contributed by atoms with Crippen molar-refractivity contribution in [3.05, 3.63) is 71.8 Å². The summed E-state index contributed by atoms with van der Waals surface area (Å²) in [5.41, 5.74) is -0.859. The summed E-state index contributed by atoms with van der Waals surface area (Å²) in [5, 5.41) is 13.3. The topological polar surface area (TPSA) is 75.6 Å². The molecule has 1 amide bonds. The summed E-state index contributed by atoms with van der Waals surface area (Å²) in [6.07, 6.45) is 0. The van der Waals surface area contributed by atoms with Crippen LogP contribution in [0.2, 0.25) is 0 Å². The lowest BCUT2D eigenvalue weighted by Crippen LogP contribution is -2.50. The van der Waals surface area contributed by atoms with Gasteiger partial charge < -0.3 is 15.2 Å². The van der Waals surface area contributed by atoms with Gasteiger partial charge in [0.1, 0.15) is 0 Å². The van der Waals surface area contributed by atoms with Crippen LogP contribution in [0.3, 0.4) is 0 Å². The molecule has 0 radical (unpaired) electrons. The number of carbonyl (C=O) groups excluding carboxylic acids is 2. The van der Waals surface area contributed by atoms with Crippen molar-refractivity contribution in [3.8, 4) is 0 Å². The lowest BCUT2D eigenvalue weighted by molar-refractivity contribution is -0.163. The fraction of sp³-hybridized carbons (Fsp3) is 0.222. The van der Waals surface area contributed by atoms with E-state index in [1.54, 1.807) is 54.6 Å². The Balaban J connectivity index is 2.35. The number of aliphatic hydroxyl groups is 1. The second-order valence-electron chi connectivity index (χ2n) is 5.32. The van der Waals surface area contributed by atoms with Crippen molar-refractivity contribution >= 4 is 11.9 Å². The van der Waals surface area contributed by atoms with Crippen LogP contribution >= 0.6 is 0 Å². The van der Waals surface area contributed by atoms with Crippen LogP contribution in [-0.2, 0) is 9.53 Å². The molecular weight excluding hydrogens is 294 g/mol. The summed E-state index contributed by atoms with van der Waals surface area (Å²) in [7, 11) is 1.19. The highest BCUT2D eigenvalue weighted by molar-refractivity contribution is 5.95. The third-order valence-corrected chi connectivity index (χ3v) is 3.61. The number of benzene rings is 2. The number of esters is 1. The van der Waals surface area contributed by atoms with E-state index in [0.717, 1.165) is 0 Å². The van der Waals surface area contributed by atoms with Crippen molar-refractivity contribution in [2.24, 2.45) is 0 Å². The molecule has 0 fully saturated rings. The molecule has 2 atom stereocenters. The molecule has 2 aromatic carbocycles. The van der Waals surface area contributed by atoms with Gasteiger partial charge in [-0.2, -0.15) is 0 Å². The van der Waals surface area contributed by atoms with Gasteiger partial charge in [0.05, 0.1) is 13.2 Å². The number of methoxy groups -OCH3 is 1. The standard InChI is InChI=1S/C18H19NO4/c1-18(22,17(21)23-2)15(13-9-5-3-6-10-13)19-16(20)14-11-7-4-8-12-14/h3-12,15,22H,1-2H3,(H,19,20)/t15-,18+/m1/s1. The molecule has 120 valence electrons. The van der Waals surface area contributed by atoms with Gasteiger partial charge in [-0.25, -0.2) is 4.79 Å². The van der Waals surface area contributed by atoms with E-state index in [9.17, 15) is 14.7 Å². The molecule has 0 saturated heterocycles. The van der Waals surface area contributed by atoms with Gasteiger partial charge >= 0.3 is 5.97 Å². The lowest BCUT2D eigenvalue weighted by Gasteiger charge is -2.31. The van der Waals surface area contributed by atoms with Crippen LogP contribution in [0, 0.1) is 0 Å². The molecule has 0 unspecified atom stereocenters. The first kappa shape index (κ1) is 16.7. The van der Waals surface area contributed by atoms with Crippen LogP contribution in [-0.4, -0.2) is 29.7 Å². The first-order valence-electron chi connectivity index (χ1n) is 7.18. The minimum Gasteiger partial charge on any atom is -0.467 e. The summed E-state index contributed by atoms with van der Waals surface area (Å²) < 4.78 is 4.66. The summed E-state index contributed by atoms with van der Waals surface area (Å²) in [6.45, 7) is 1.32. The monoisotopic (exact) mass is 313 g/mol. The average Bonchev–Trinajstić information content (AvgIpc) is 2.60. The fourth-order valence-corrected chi connectivity index (χ4v) is 2.32. The normalized spacial score (nSPS) is 14.4. The molecule has 0 aliphatic rings. The van der Waals surface area contributed by atoms with Crippen molar-refractivity contribution < 1.29 is 19.4 Å². The van der Waals surface area contributed by atoms with Crippen molar-refractivity contribution in [1.82, 2.24) is 5.32 Å². The highest BCUT2D eigenvalue weighted by Crippen LogP contribution is 2.27. The van der Waals surface area contributed by atoms with E-state index in [0.29, 0.717) is 11.1 Å². The minimum absolute atomic E-state index is 0.386. The fourth-order valence-electron chi connectivity index (χ4n) is 2.32. The average molecular weight is 313 g/mol. The van der Waals surface area contributed by atoms with Crippen LogP contribution in [0.15, 0.2) is 60.7 Å². The maximum atomic E-state index is 12.4. The molecule has 0 spiro atoms. The number of amides is 1. The third-order valence-electron chi connectivity index (χ3n) is 3.61. The Kier molecular flexibility index (Phi) is 5.13. The van der Waals surface area contributed by atoms with Gasteiger partial charge in [0, 0.05) is 5.56 Å². The molecule has 0 aliphatic carbocycles. The van der Waals surface area contributed by atoms with Crippen LogP contribution in [0.25, 0.3) is 0 Å². The maximum Gasteiger partial charge on any atom is 0.340 e. The molecule has 5 nitrogen and oxygen atoms in total. The smallest absolute Gasteiger partial charge is 0.340 e. The Morgan fingerprint density at radius 1 is 1.04 bits per heavy atom. The number of hydrogen-bond donors (Lipinski definition) is 2. The highest BCUT2D eigenvalue weighted by atomic mass is 16.5. The predicted octanol–water partition coefficient (Wildman–Crippen LogP) is 2.08. The molecule has 0 saturated carbocycles. The first-order valence-corrected chi connectivity index (χ1v) is 7.18. The molecule has 0 aromatic heterocycles. The Morgan fingerprint density at radius 3 is 2.09 bits per heavy atom. The molecular formula is C18H19NO4. The summed E-state index contributed by atoms with van der Waals surface area (Å²) >= 11 is 0. The molecule has 0 heterocycles. The molecule has 2 rings (SSSR count). The summed E-state index contributed by atoms with van der Waals surface area (Å²) in [6, 6.07) is 16.5. The highest BCUT2D eigenvalue weighted by Gasteiger charge is 2.42. The van der Waals surface area contributed by atoms with Crippen molar-refractivity contribution in [2.45, 2.75) is 18.6 Å². The van der Waals surface area contributed by atoms with Gasteiger partial charge in [0.2, 0.25) is 0 Å². The second-order valence-corrected chi connectivity index (χ2v) is 5.32. The van der Waals surface area contributed by atoms with Crippen LogP contribution in [0.1, 0.15) is 28.9 Å². The SMILES string of the molecule is COC(=O)[C@@](C)(O)[C@H](NC(=O)c1ccccc1)c1ccccc1. The van der Waals surface area contributed by atoms with Crippen molar-refractivity contribution in [3.63, 3.8) is 0 Å². The number of ether oxygens (including phenoxy) is 1. The third kappa shape index (κ3) is 3.76. The first-order chi connectivity index (χ1) is 11.0. The van der Waals surface area contributed by atoms with Crippen LogP contribution < -0.4 is 5.32 Å². The van der Waals surface area contributed by atoms with Gasteiger partial charge in [0.15, 0.2) is 5.60 Å². The van der Waals surface area contributed by atoms with E-state index < -0.39 is 17.6 Å². The largest absolute Gasteiger partial charge is 0.467 e. The van der Waals surface area contributed by atoms with E-state index in [2.05, 4.69) is 10.1 Å². The molecule has 0 bridgehead atoms. The number of carbonyl (C=O) groups is 2. The van der Waals surface area contributed by atoms with Gasteiger partial charge in [-0.05, 0) is 24.6 Å². The van der Waals surface area contributed by atoms with Crippen molar-refractivity contribution in [2.75, 3.05) is 7.11 Å². The van der Waals surface area contributed by atoms with E-state index in [1.165, 1.54) is 14.0 Å². The minimum atomic E-state index is -1.90. The number of hydrogen-bond acceptors (Lipinski definition) is 4. The molecule has 0 aliphatic heterocycles. The maximum absolute atomic E-state index is 12.4. The Morgan fingerprint density at radius 2 is 1.57 bits per heavy atom. The van der Waals surface area contributed by atoms with E-state index in [1.807, 2.05) is 6.07 Å². The molecule has 5 heteroatoms. The number of nitrogens with one attached hydrogen (secondary N) is 1. The Hall–Kier alpha value is -2.66. The lowest BCUT2D eigenvalue weighted by atomic mass is 9.89. The van der Waals surface area contributed by atoms with E-state index in [-0.39, 0.29) is 5.91 Å². The second kappa shape index (κ2) is 7.07. The Labute approximate surface area is 134 Å². The van der Waals surface area contributed by atoms with E-state index in [4.69, 9.17) is 0 Å². The van der Waals surface area contributed by atoms with Gasteiger partial charge in [-0.3, -0.25) is 4.79 Å². The summed E-state index contributed by atoms with van der Waals surface area (Å²) in [4.78, 5) is 24.4. The molecule has 23 heavy (non-hydrogen) atoms. The number of rotatable bonds is 5. The van der Waals surface area contributed by atoms with Crippen molar-refractivity contribution in [1.29, 1.82) is 0 Å². The zero-order valence-corrected chi connectivity index (χ0v) is 13.0. The van der Waals surface area contributed by atoms with E-state index >= 15 is 0 Å². The zero-order valence-electron chi connectivity index (χ0n) is 13.0. The zero-order chi connectivity index (χ0) is 16.9. The summed E-state index contributed by atoms with van der Waals surface area (Å²) in [5.74, 6) is -1.21. The predicted molar refractivity (Wildman–Crippen MR) is 85.7 cm³/mol.